The fourth-order valence-electron chi connectivity index (χ4n) is 3.25. The lowest BCUT2D eigenvalue weighted by atomic mass is 10.1. The molecular formula is C20H22F3N3O3S. The molecule has 0 aromatic heterocycles. The van der Waals surface area contributed by atoms with E-state index >= 15 is 0 Å². The van der Waals surface area contributed by atoms with E-state index in [9.17, 15) is 26.4 Å². The summed E-state index contributed by atoms with van der Waals surface area (Å²) in [5.41, 5.74) is -0.328. The molecule has 162 valence electrons. The van der Waals surface area contributed by atoms with Crippen molar-refractivity contribution >= 4 is 27.3 Å². The Hall–Kier alpha value is -2.59. The predicted octanol–water partition coefficient (Wildman–Crippen LogP) is 3.81. The maximum Gasteiger partial charge on any atom is 0.416 e. The smallest absolute Gasteiger partial charge is 0.376 e. The number of hydrogen-bond donors (Lipinski definition) is 1. The zero-order valence-corrected chi connectivity index (χ0v) is 17.3. The van der Waals surface area contributed by atoms with E-state index in [2.05, 4.69) is 5.32 Å². The Morgan fingerprint density at radius 2 is 1.63 bits per heavy atom. The number of nitrogens with one attached hydrogen (secondary N) is 1. The second kappa shape index (κ2) is 8.27. The lowest BCUT2D eigenvalue weighted by molar-refractivity contribution is -0.137. The molecule has 1 aliphatic rings. The molecule has 0 radical (unpaired) electrons. The van der Waals surface area contributed by atoms with Gasteiger partial charge in [-0.15, -0.1) is 0 Å². The third kappa shape index (κ3) is 4.59. The first-order chi connectivity index (χ1) is 14.0. The number of carbonyl (C=O) groups is 1. The van der Waals surface area contributed by atoms with Gasteiger partial charge < -0.3 is 10.2 Å². The van der Waals surface area contributed by atoms with Crippen molar-refractivity contribution in [3.8, 4) is 0 Å². The van der Waals surface area contributed by atoms with E-state index in [1.165, 1.54) is 34.6 Å². The average Bonchev–Trinajstić information content (AvgIpc) is 3.23. The van der Waals surface area contributed by atoms with Gasteiger partial charge in [0.25, 0.3) is 5.91 Å². The normalized spacial score (nSPS) is 15.2. The molecule has 0 atom stereocenters. The zero-order valence-electron chi connectivity index (χ0n) is 16.5. The molecule has 1 saturated heterocycles. The molecule has 1 heterocycles. The van der Waals surface area contributed by atoms with Gasteiger partial charge in [0.2, 0.25) is 10.0 Å². The van der Waals surface area contributed by atoms with Crippen LogP contribution in [0.1, 0.15) is 28.8 Å². The number of rotatable bonds is 5. The summed E-state index contributed by atoms with van der Waals surface area (Å²) in [6, 6.07) is 8.47. The van der Waals surface area contributed by atoms with Gasteiger partial charge in [0, 0.05) is 32.7 Å². The van der Waals surface area contributed by atoms with Gasteiger partial charge in [0.1, 0.15) is 0 Å². The molecule has 0 saturated carbocycles. The molecule has 10 heteroatoms. The fraction of sp³-hybridized carbons (Fsp3) is 0.350. The fourth-order valence-corrected chi connectivity index (χ4v) is 4.77. The van der Waals surface area contributed by atoms with Crippen LogP contribution in [-0.4, -0.2) is 45.8 Å². The molecule has 6 nitrogen and oxygen atoms in total. The van der Waals surface area contributed by atoms with Crippen molar-refractivity contribution in [3.63, 3.8) is 0 Å². The maximum atomic E-state index is 13.1. The van der Waals surface area contributed by atoms with Crippen molar-refractivity contribution in [2.75, 3.05) is 37.4 Å². The molecule has 0 aliphatic carbocycles. The lowest BCUT2D eigenvalue weighted by Gasteiger charge is -2.20. The van der Waals surface area contributed by atoms with Crippen LogP contribution < -0.4 is 10.2 Å². The molecule has 1 aliphatic heterocycles. The van der Waals surface area contributed by atoms with Gasteiger partial charge in [0.05, 0.1) is 21.8 Å². The van der Waals surface area contributed by atoms with E-state index in [4.69, 9.17) is 0 Å². The molecule has 2 aromatic carbocycles. The largest absolute Gasteiger partial charge is 0.416 e. The molecule has 1 fully saturated rings. The van der Waals surface area contributed by atoms with E-state index in [-0.39, 0.29) is 16.1 Å². The van der Waals surface area contributed by atoms with Gasteiger partial charge in [-0.05, 0) is 55.3 Å². The zero-order chi connectivity index (χ0) is 22.1. The number of alkyl halides is 3. The predicted molar refractivity (Wildman–Crippen MR) is 108 cm³/mol. The van der Waals surface area contributed by atoms with Crippen LogP contribution in [0.25, 0.3) is 0 Å². The lowest BCUT2D eigenvalue weighted by Crippen LogP contribution is -2.27. The van der Waals surface area contributed by atoms with Gasteiger partial charge in [-0.3, -0.25) is 4.79 Å². The minimum atomic E-state index is -4.55. The third-order valence-corrected chi connectivity index (χ3v) is 6.79. The first-order valence-electron chi connectivity index (χ1n) is 9.30. The topological polar surface area (TPSA) is 69.7 Å². The van der Waals surface area contributed by atoms with Crippen LogP contribution in [0.3, 0.4) is 0 Å². The van der Waals surface area contributed by atoms with Crippen LogP contribution in [0.15, 0.2) is 47.4 Å². The SMILES string of the molecule is CN(C)c1ccc(C(F)(F)F)cc1NC(=O)c1ccc(S(=O)(=O)N2CCCC2)cc1. The second-order valence-corrected chi connectivity index (χ2v) is 9.15. The van der Waals surface area contributed by atoms with Crippen molar-refractivity contribution < 1.29 is 26.4 Å². The Labute approximate surface area is 173 Å². The van der Waals surface area contributed by atoms with Crippen molar-refractivity contribution in [2.24, 2.45) is 0 Å². The Bertz CT molecular complexity index is 1030. The summed E-state index contributed by atoms with van der Waals surface area (Å²) in [7, 11) is -0.312. The number of sulfonamides is 1. The second-order valence-electron chi connectivity index (χ2n) is 7.21. The average molecular weight is 441 g/mol. The summed E-state index contributed by atoms with van der Waals surface area (Å²) in [5, 5.41) is 2.49. The standard InChI is InChI=1S/C20H22F3N3O3S/c1-25(2)18-10-7-15(20(21,22)23)13-17(18)24-19(27)14-5-8-16(9-6-14)30(28,29)26-11-3-4-12-26/h5-10,13H,3-4,11-12H2,1-2H3,(H,24,27). The quantitative estimate of drug-likeness (QED) is 0.766. The minimum Gasteiger partial charge on any atom is -0.376 e. The summed E-state index contributed by atoms with van der Waals surface area (Å²) >= 11 is 0. The summed E-state index contributed by atoms with van der Waals surface area (Å²) < 4.78 is 65.7. The molecule has 0 unspecified atom stereocenters. The maximum absolute atomic E-state index is 13.1. The minimum absolute atomic E-state index is 0.00795. The van der Waals surface area contributed by atoms with E-state index in [1.54, 1.807) is 19.0 Å². The Kier molecular flexibility index (Phi) is 6.09. The van der Waals surface area contributed by atoms with E-state index in [0.29, 0.717) is 18.8 Å². The third-order valence-electron chi connectivity index (χ3n) is 4.87. The molecule has 2 aromatic rings. The Morgan fingerprint density at radius 1 is 1.03 bits per heavy atom. The molecule has 1 N–H and O–H groups in total. The Morgan fingerprint density at radius 3 is 2.17 bits per heavy atom. The number of nitrogens with zero attached hydrogens (tertiary/aromatic N) is 2. The van der Waals surface area contributed by atoms with Gasteiger partial charge in [-0.1, -0.05) is 0 Å². The molecular weight excluding hydrogens is 419 g/mol. The number of carbonyl (C=O) groups excluding carboxylic acids is 1. The van der Waals surface area contributed by atoms with E-state index < -0.39 is 27.7 Å². The number of halogens is 3. The molecule has 3 rings (SSSR count). The molecule has 0 bridgehead atoms. The molecule has 0 spiro atoms. The first kappa shape index (κ1) is 22.1. The Balaban J connectivity index is 1.84. The van der Waals surface area contributed by atoms with Crippen LogP contribution in [0.4, 0.5) is 24.5 Å². The monoisotopic (exact) mass is 441 g/mol. The highest BCUT2D eigenvalue weighted by atomic mass is 32.2. The number of hydrogen-bond acceptors (Lipinski definition) is 4. The highest BCUT2D eigenvalue weighted by Crippen LogP contribution is 2.35. The van der Waals surface area contributed by atoms with Crippen LogP contribution in [0, 0.1) is 0 Å². The van der Waals surface area contributed by atoms with Crippen molar-refractivity contribution in [2.45, 2.75) is 23.9 Å². The van der Waals surface area contributed by atoms with Crippen molar-refractivity contribution in [3.05, 3.63) is 53.6 Å². The van der Waals surface area contributed by atoms with Crippen molar-refractivity contribution in [1.29, 1.82) is 0 Å². The van der Waals surface area contributed by atoms with Crippen LogP contribution in [0.2, 0.25) is 0 Å². The van der Waals surface area contributed by atoms with Crippen LogP contribution in [-0.2, 0) is 16.2 Å². The number of amides is 1. The highest BCUT2D eigenvalue weighted by molar-refractivity contribution is 7.89. The highest BCUT2D eigenvalue weighted by Gasteiger charge is 2.31. The summed E-state index contributed by atoms with van der Waals surface area (Å²) in [4.78, 5) is 14.3. The molecule has 30 heavy (non-hydrogen) atoms. The summed E-state index contributed by atoms with van der Waals surface area (Å²) in [6.45, 7) is 0.931. The van der Waals surface area contributed by atoms with E-state index in [0.717, 1.165) is 25.0 Å². The molecule has 1 amide bonds. The van der Waals surface area contributed by atoms with Gasteiger partial charge >= 0.3 is 6.18 Å². The summed E-state index contributed by atoms with van der Waals surface area (Å²) in [5.74, 6) is -0.637. The number of benzene rings is 2. The number of anilines is 2. The van der Waals surface area contributed by atoms with Crippen LogP contribution >= 0.6 is 0 Å². The first-order valence-corrected chi connectivity index (χ1v) is 10.7. The summed E-state index contributed by atoms with van der Waals surface area (Å²) in [6.07, 6.45) is -2.92. The van der Waals surface area contributed by atoms with Gasteiger partial charge in [-0.2, -0.15) is 17.5 Å². The van der Waals surface area contributed by atoms with Gasteiger partial charge in [0.15, 0.2) is 0 Å². The van der Waals surface area contributed by atoms with Gasteiger partial charge in [-0.25, -0.2) is 8.42 Å². The van der Waals surface area contributed by atoms with Crippen molar-refractivity contribution in [1.82, 2.24) is 4.31 Å². The van der Waals surface area contributed by atoms with E-state index in [1.807, 2.05) is 0 Å². The van der Waals surface area contributed by atoms with Crippen LogP contribution in [0.5, 0.6) is 0 Å².